The number of para-hydroxylation sites is 1. The molecule has 0 aliphatic heterocycles. The Balaban J connectivity index is 1.52. The van der Waals surface area contributed by atoms with Gasteiger partial charge in [-0.05, 0) is 65.1 Å². The number of benzene rings is 3. The zero-order chi connectivity index (χ0) is 24.4. The molecule has 2 N–H and O–H groups in total. The normalized spacial score (nSPS) is 14.3. The van der Waals surface area contributed by atoms with Crippen LogP contribution in [0.5, 0.6) is 5.75 Å². The SMILES string of the molecule is [C-]#[N+]c1cccc(CC(=O)OCC)c1O[C@@H]1CCc2ccc(-c3cccc4c(N)nccc34)cc21. The van der Waals surface area contributed by atoms with Crippen molar-refractivity contribution in [3.8, 4) is 16.9 Å². The van der Waals surface area contributed by atoms with Gasteiger partial charge in [-0.1, -0.05) is 48.5 Å². The second-order valence-electron chi connectivity index (χ2n) is 8.51. The maximum atomic E-state index is 12.2. The van der Waals surface area contributed by atoms with Crippen LogP contribution in [0.25, 0.3) is 26.7 Å². The van der Waals surface area contributed by atoms with Crippen LogP contribution in [0.1, 0.15) is 36.1 Å². The number of rotatable bonds is 6. The van der Waals surface area contributed by atoms with Crippen molar-refractivity contribution in [3.05, 3.63) is 95.0 Å². The Morgan fingerprint density at radius 3 is 2.83 bits per heavy atom. The van der Waals surface area contributed by atoms with Gasteiger partial charge in [0.2, 0.25) is 5.69 Å². The van der Waals surface area contributed by atoms with Crippen LogP contribution >= 0.6 is 0 Å². The van der Waals surface area contributed by atoms with E-state index in [1.807, 2.05) is 24.3 Å². The van der Waals surface area contributed by atoms with Gasteiger partial charge in [0, 0.05) is 11.6 Å². The van der Waals surface area contributed by atoms with Gasteiger partial charge in [-0.25, -0.2) is 9.83 Å². The van der Waals surface area contributed by atoms with Gasteiger partial charge in [-0.15, -0.1) is 0 Å². The molecule has 1 atom stereocenters. The van der Waals surface area contributed by atoms with Gasteiger partial charge in [-0.2, -0.15) is 0 Å². The van der Waals surface area contributed by atoms with Gasteiger partial charge in [-0.3, -0.25) is 4.79 Å². The number of carbonyl (C=O) groups is 1. The number of ether oxygens (including phenoxy) is 2. The lowest BCUT2D eigenvalue weighted by Gasteiger charge is -2.20. The van der Waals surface area contributed by atoms with Crippen LogP contribution in [0.4, 0.5) is 11.5 Å². The highest BCUT2D eigenvalue weighted by Gasteiger charge is 2.27. The highest BCUT2D eigenvalue weighted by molar-refractivity contribution is 6.01. The molecule has 0 saturated carbocycles. The Labute approximate surface area is 204 Å². The van der Waals surface area contributed by atoms with Crippen LogP contribution < -0.4 is 10.5 Å². The lowest BCUT2D eigenvalue weighted by molar-refractivity contribution is -0.142. The van der Waals surface area contributed by atoms with Gasteiger partial charge in [0.05, 0.1) is 19.6 Å². The summed E-state index contributed by atoms with van der Waals surface area (Å²) < 4.78 is 11.6. The Morgan fingerprint density at radius 1 is 1.14 bits per heavy atom. The third kappa shape index (κ3) is 4.29. The van der Waals surface area contributed by atoms with Crippen LogP contribution in [0.2, 0.25) is 0 Å². The molecule has 0 radical (unpaired) electrons. The zero-order valence-electron chi connectivity index (χ0n) is 19.5. The predicted octanol–water partition coefficient (Wildman–Crippen LogP) is 6.21. The second-order valence-corrected chi connectivity index (χ2v) is 8.51. The fraction of sp³-hybridized carbons (Fsp3) is 0.207. The first kappa shape index (κ1) is 22.4. The van der Waals surface area contributed by atoms with Crippen molar-refractivity contribution >= 4 is 28.2 Å². The van der Waals surface area contributed by atoms with Gasteiger partial charge < -0.3 is 15.2 Å². The number of aromatic nitrogens is 1. The van der Waals surface area contributed by atoms with Crippen molar-refractivity contribution in [1.29, 1.82) is 0 Å². The molecule has 1 aliphatic rings. The quantitative estimate of drug-likeness (QED) is 0.272. The Hall–Kier alpha value is -4.37. The van der Waals surface area contributed by atoms with Crippen LogP contribution in [0.3, 0.4) is 0 Å². The summed E-state index contributed by atoms with van der Waals surface area (Å²) in [4.78, 5) is 20.0. The third-order valence-corrected chi connectivity index (χ3v) is 6.41. The lowest BCUT2D eigenvalue weighted by Crippen LogP contribution is -2.11. The molecule has 3 aromatic carbocycles. The van der Waals surface area contributed by atoms with E-state index in [0.717, 1.165) is 40.3 Å². The number of carbonyl (C=O) groups excluding carboxylic acids is 1. The number of aryl methyl sites for hydroxylation is 1. The molecule has 0 fully saturated rings. The van der Waals surface area contributed by atoms with Crippen molar-refractivity contribution < 1.29 is 14.3 Å². The molecule has 4 aromatic rings. The van der Waals surface area contributed by atoms with Crippen molar-refractivity contribution in [2.24, 2.45) is 0 Å². The number of anilines is 1. The molecule has 174 valence electrons. The first-order valence-corrected chi connectivity index (χ1v) is 11.7. The zero-order valence-corrected chi connectivity index (χ0v) is 19.5. The summed E-state index contributed by atoms with van der Waals surface area (Å²) in [5, 5.41) is 1.97. The van der Waals surface area contributed by atoms with Crippen molar-refractivity contribution in [2.45, 2.75) is 32.3 Å². The fourth-order valence-electron chi connectivity index (χ4n) is 4.78. The molecular weight excluding hydrogens is 438 g/mol. The molecule has 0 bridgehead atoms. The van der Waals surface area contributed by atoms with Gasteiger partial charge in [0.25, 0.3) is 0 Å². The summed E-state index contributed by atoms with van der Waals surface area (Å²) >= 11 is 0. The molecule has 1 heterocycles. The highest BCUT2D eigenvalue weighted by atomic mass is 16.5. The van der Waals surface area contributed by atoms with Crippen LogP contribution in [0.15, 0.2) is 66.9 Å². The van der Waals surface area contributed by atoms with E-state index in [4.69, 9.17) is 21.8 Å². The molecule has 5 rings (SSSR count). The first-order chi connectivity index (χ1) is 17.1. The minimum atomic E-state index is -0.335. The molecule has 0 saturated heterocycles. The number of hydrogen-bond acceptors (Lipinski definition) is 5. The molecule has 1 aromatic heterocycles. The largest absolute Gasteiger partial charge is 0.496 e. The van der Waals surface area contributed by atoms with Gasteiger partial charge in [0.15, 0.2) is 0 Å². The van der Waals surface area contributed by atoms with Crippen LogP contribution in [-0.2, 0) is 22.4 Å². The maximum absolute atomic E-state index is 12.2. The summed E-state index contributed by atoms with van der Waals surface area (Å²) in [6, 6.07) is 19.8. The van der Waals surface area contributed by atoms with Gasteiger partial charge >= 0.3 is 5.97 Å². The minimum absolute atomic E-state index is 0.0671. The number of esters is 1. The summed E-state index contributed by atoms with van der Waals surface area (Å²) in [5.74, 6) is 0.637. The fourth-order valence-corrected chi connectivity index (χ4v) is 4.78. The molecule has 35 heavy (non-hydrogen) atoms. The maximum Gasteiger partial charge on any atom is 0.310 e. The van der Waals surface area contributed by atoms with Gasteiger partial charge in [0.1, 0.15) is 17.7 Å². The Kier molecular flexibility index (Phi) is 6.07. The van der Waals surface area contributed by atoms with E-state index in [9.17, 15) is 4.79 Å². The van der Waals surface area contributed by atoms with Crippen molar-refractivity contribution in [2.75, 3.05) is 12.3 Å². The lowest BCUT2D eigenvalue weighted by atomic mass is 9.96. The van der Waals surface area contributed by atoms with E-state index in [2.05, 4.69) is 34.1 Å². The topological polar surface area (TPSA) is 78.8 Å². The third-order valence-electron chi connectivity index (χ3n) is 6.41. The molecule has 0 spiro atoms. The minimum Gasteiger partial charge on any atom is -0.496 e. The van der Waals surface area contributed by atoms with Crippen LogP contribution in [-0.4, -0.2) is 17.6 Å². The standard InChI is InChI=1S/C29H25N3O3/c1-3-34-27(33)17-20-6-4-9-25(31-2)28(20)35-26-13-12-18-10-11-19(16-24(18)26)21-7-5-8-23-22(21)14-15-32-29(23)30/h4-11,14-16,26H,3,12-13,17H2,1H3,(H2,30,32)/t26-/m1/s1. The van der Waals surface area contributed by atoms with Crippen LogP contribution in [0, 0.1) is 6.57 Å². The van der Waals surface area contributed by atoms with E-state index in [0.29, 0.717) is 29.4 Å². The Morgan fingerprint density at radius 2 is 2.00 bits per heavy atom. The molecule has 0 unspecified atom stereocenters. The predicted molar refractivity (Wildman–Crippen MR) is 136 cm³/mol. The average molecular weight is 464 g/mol. The summed E-state index contributed by atoms with van der Waals surface area (Å²) in [6.07, 6.45) is 3.27. The number of fused-ring (bicyclic) bond motifs is 2. The monoisotopic (exact) mass is 463 g/mol. The summed E-state index contributed by atoms with van der Waals surface area (Å²) in [7, 11) is 0. The van der Waals surface area contributed by atoms with E-state index in [-0.39, 0.29) is 18.5 Å². The molecule has 1 aliphatic carbocycles. The van der Waals surface area contributed by atoms with E-state index >= 15 is 0 Å². The molecule has 0 amide bonds. The van der Waals surface area contributed by atoms with Crippen molar-refractivity contribution in [3.63, 3.8) is 0 Å². The van der Waals surface area contributed by atoms with E-state index in [1.165, 1.54) is 5.56 Å². The number of nitrogen functional groups attached to an aromatic ring is 1. The van der Waals surface area contributed by atoms with E-state index < -0.39 is 0 Å². The highest BCUT2D eigenvalue weighted by Crippen LogP contribution is 2.42. The van der Waals surface area contributed by atoms with E-state index in [1.54, 1.807) is 25.3 Å². The number of pyridine rings is 1. The Bertz CT molecular complexity index is 1470. The molecular formula is C29H25N3O3. The second kappa shape index (κ2) is 9.47. The molecule has 6 heteroatoms. The number of nitrogens with two attached hydrogens (primary N) is 1. The van der Waals surface area contributed by atoms with Crippen molar-refractivity contribution in [1.82, 2.24) is 4.98 Å². The summed E-state index contributed by atoms with van der Waals surface area (Å²) in [6.45, 7) is 9.71. The first-order valence-electron chi connectivity index (χ1n) is 11.7. The average Bonchev–Trinajstić information content (AvgIpc) is 3.27. The molecule has 6 nitrogen and oxygen atoms in total. The number of nitrogens with zero attached hydrogens (tertiary/aromatic N) is 2. The number of hydrogen-bond donors (Lipinski definition) is 1. The summed E-state index contributed by atoms with van der Waals surface area (Å²) in [5.41, 5.74) is 11.6. The smallest absolute Gasteiger partial charge is 0.310 e.